The first kappa shape index (κ1) is 16.3. The van der Waals surface area contributed by atoms with Crippen molar-refractivity contribution in [3.05, 3.63) is 64.7 Å². The van der Waals surface area contributed by atoms with Gasteiger partial charge in [-0.15, -0.1) is 0 Å². The summed E-state index contributed by atoms with van der Waals surface area (Å²) in [5.74, 6) is -1.77. The fourth-order valence-corrected chi connectivity index (χ4v) is 2.66. The number of carbonyl (C=O) groups is 1. The van der Waals surface area contributed by atoms with Gasteiger partial charge in [-0.3, -0.25) is 4.79 Å². The molecule has 4 N–H and O–H groups in total. The first-order valence-corrected chi connectivity index (χ1v) is 7.34. The normalized spacial score (nSPS) is 13.5. The number of halogens is 1. The van der Waals surface area contributed by atoms with Crippen molar-refractivity contribution in [1.29, 1.82) is 0 Å². The predicted octanol–water partition coefficient (Wildman–Crippen LogP) is 3.08. The fourth-order valence-electron chi connectivity index (χ4n) is 2.45. The number of aliphatic carboxylic acids is 1. The number of nitrogens with two attached hydrogens (primary N) is 1. The highest BCUT2D eigenvalue weighted by atomic mass is 35.5. The minimum atomic E-state index is -0.976. The fraction of sp³-hybridized carbons (Fsp3) is 0.235. The zero-order valence-corrected chi connectivity index (χ0v) is 12.7. The topological polar surface area (TPSA) is 83.5 Å². The van der Waals surface area contributed by atoms with E-state index in [4.69, 9.17) is 17.3 Å². The standard InChI is InChI=1S/C17H18ClNO3/c18-13-5-1-3-11(7-13)8-15(20)10-16(17(21)22)12-4-2-6-14(19)9-12/h1-7,9,15-16,20H,8,10,19H2,(H,21,22). The number of aliphatic hydroxyl groups is 1. The van der Waals surface area contributed by atoms with Crippen LogP contribution >= 0.6 is 11.6 Å². The molecular weight excluding hydrogens is 302 g/mol. The number of aliphatic hydroxyl groups excluding tert-OH is 1. The molecule has 0 saturated heterocycles. The molecule has 0 aromatic heterocycles. The molecule has 22 heavy (non-hydrogen) atoms. The molecule has 0 aliphatic heterocycles. The van der Waals surface area contributed by atoms with E-state index in [9.17, 15) is 15.0 Å². The first-order valence-electron chi connectivity index (χ1n) is 6.96. The average molecular weight is 320 g/mol. The summed E-state index contributed by atoms with van der Waals surface area (Å²) in [6.45, 7) is 0. The number of benzene rings is 2. The lowest BCUT2D eigenvalue weighted by molar-refractivity contribution is -0.139. The smallest absolute Gasteiger partial charge is 0.311 e. The molecule has 0 bridgehead atoms. The zero-order chi connectivity index (χ0) is 16.1. The monoisotopic (exact) mass is 319 g/mol. The summed E-state index contributed by atoms with van der Waals surface area (Å²) in [7, 11) is 0. The van der Waals surface area contributed by atoms with E-state index in [0.29, 0.717) is 22.7 Å². The van der Waals surface area contributed by atoms with Crippen molar-refractivity contribution < 1.29 is 15.0 Å². The number of carboxylic acid groups (broad SMARTS) is 1. The molecule has 2 atom stereocenters. The van der Waals surface area contributed by atoms with Gasteiger partial charge >= 0.3 is 5.97 Å². The lowest BCUT2D eigenvalue weighted by Crippen LogP contribution is -2.21. The molecule has 0 aliphatic rings. The maximum absolute atomic E-state index is 11.5. The molecule has 0 fully saturated rings. The molecule has 0 aliphatic carbocycles. The van der Waals surface area contributed by atoms with Crippen molar-refractivity contribution in [3.8, 4) is 0 Å². The summed E-state index contributed by atoms with van der Waals surface area (Å²) < 4.78 is 0. The Bertz CT molecular complexity index is 660. The molecule has 0 spiro atoms. The third-order valence-electron chi connectivity index (χ3n) is 3.48. The second-order valence-corrected chi connectivity index (χ2v) is 5.72. The second kappa shape index (κ2) is 7.29. The highest BCUT2D eigenvalue weighted by Crippen LogP contribution is 2.25. The molecule has 0 amide bonds. The van der Waals surface area contributed by atoms with Gasteiger partial charge in [0, 0.05) is 10.7 Å². The van der Waals surface area contributed by atoms with Gasteiger partial charge in [0.25, 0.3) is 0 Å². The van der Waals surface area contributed by atoms with E-state index in [1.165, 1.54) is 0 Å². The Hall–Kier alpha value is -2.04. The summed E-state index contributed by atoms with van der Waals surface area (Å²) in [5.41, 5.74) is 7.67. The van der Waals surface area contributed by atoms with Gasteiger partial charge in [-0.1, -0.05) is 35.9 Å². The van der Waals surface area contributed by atoms with Gasteiger partial charge in [0.1, 0.15) is 0 Å². The Morgan fingerprint density at radius 3 is 2.55 bits per heavy atom. The molecule has 2 aromatic rings. The third-order valence-corrected chi connectivity index (χ3v) is 3.71. The van der Waals surface area contributed by atoms with Crippen LogP contribution in [0.15, 0.2) is 48.5 Å². The molecule has 2 aromatic carbocycles. The van der Waals surface area contributed by atoms with Gasteiger partial charge in [0.15, 0.2) is 0 Å². The van der Waals surface area contributed by atoms with Crippen LogP contribution in [0.4, 0.5) is 5.69 Å². The molecule has 2 unspecified atom stereocenters. The lowest BCUT2D eigenvalue weighted by atomic mass is 9.91. The van der Waals surface area contributed by atoms with Crippen molar-refractivity contribution in [2.45, 2.75) is 24.9 Å². The van der Waals surface area contributed by atoms with Crippen LogP contribution in [0, 0.1) is 0 Å². The van der Waals surface area contributed by atoms with Gasteiger partial charge in [0.2, 0.25) is 0 Å². The van der Waals surface area contributed by atoms with E-state index in [1.807, 2.05) is 6.07 Å². The van der Waals surface area contributed by atoms with Crippen LogP contribution < -0.4 is 5.73 Å². The van der Waals surface area contributed by atoms with E-state index in [-0.39, 0.29) is 6.42 Å². The van der Waals surface area contributed by atoms with Crippen LogP contribution in [0.2, 0.25) is 5.02 Å². The number of carboxylic acids is 1. The van der Waals surface area contributed by atoms with Crippen LogP contribution in [0.1, 0.15) is 23.5 Å². The quantitative estimate of drug-likeness (QED) is 0.714. The van der Waals surface area contributed by atoms with Crippen molar-refractivity contribution in [2.24, 2.45) is 0 Å². The SMILES string of the molecule is Nc1cccc(C(CC(O)Cc2cccc(Cl)c2)C(=O)O)c1. The van der Waals surface area contributed by atoms with Crippen molar-refractivity contribution in [3.63, 3.8) is 0 Å². The molecule has 0 heterocycles. The summed E-state index contributed by atoms with van der Waals surface area (Å²) >= 11 is 5.91. The molecule has 5 heteroatoms. The Balaban J connectivity index is 2.09. The second-order valence-electron chi connectivity index (χ2n) is 5.28. The summed E-state index contributed by atoms with van der Waals surface area (Å²) in [6.07, 6.45) is -0.307. The molecule has 116 valence electrons. The first-order chi connectivity index (χ1) is 10.5. The summed E-state index contributed by atoms with van der Waals surface area (Å²) in [5, 5.41) is 20.2. The van der Waals surface area contributed by atoms with Crippen LogP contribution in [-0.2, 0) is 11.2 Å². The lowest BCUT2D eigenvalue weighted by Gasteiger charge is -2.18. The maximum Gasteiger partial charge on any atom is 0.311 e. The number of hydrogen-bond donors (Lipinski definition) is 3. The van der Waals surface area contributed by atoms with E-state index >= 15 is 0 Å². The van der Waals surface area contributed by atoms with Crippen LogP contribution in [0.5, 0.6) is 0 Å². The minimum absolute atomic E-state index is 0.116. The number of rotatable bonds is 6. The predicted molar refractivity (Wildman–Crippen MR) is 87.0 cm³/mol. The maximum atomic E-state index is 11.5. The molecule has 2 rings (SSSR count). The highest BCUT2D eigenvalue weighted by molar-refractivity contribution is 6.30. The molecular formula is C17H18ClNO3. The van der Waals surface area contributed by atoms with Gasteiger partial charge in [-0.05, 0) is 48.2 Å². The molecule has 0 saturated carbocycles. The van der Waals surface area contributed by atoms with Gasteiger partial charge < -0.3 is 15.9 Å². The van der Waals surface area contributed by atoms with Crippen LogP contribution in [-0.4, -0.2) is 22.3 Å². The number of anilines is 1. The average Bonchev–Trinajstić information content (AvgIpc) is 2.44. The highest BCUT2D eigenvalue weighted by Gasteiger charge is 2.23. The van der Waals surface area contributed by atoms with E-state index in [0.717, 1.165) is 5.56 Å². The van der Waals surface area contributed by atoms with E-state index in [2.05, 4.69) is 0 Å². The Morgan fingerprint density at radius 1 is 1.18 bits per heavy atom. The van der Waals surface area contributed by atoms with Gasteiger partial charge in [0.05, 0.1) is 12.0 Å². The van der Waals surface area contributed by atoms with Crippen LogP contribution in [0.25, 0.3) is 0 Å². The van der Waals surface area contributed by atoms with Crippen LogP contribution in [0.3, 0.4) is 0 Å². The molecule has 0 radical (unpaired) electrons. The summed E-state index contributed by atoms with van der Waals surface area (Å²) in [6, 6.07) is 13.9. The minimum Gasteiger partial charge on any atom is -0.481 e. The molecule has 4 nitrogen and oxygen atoms in total. The Kier molecular flexibility index (Phi) is 5.41. The largest absolute Gasteiger partial charge is 0.481 e. The van der Waals surface area contributed by atoms with Gasteiger partial charge in [-0.25, -0.2) is 0 Å². The van der Waals surface area contributed by atoms with Gasteiger partial charge in [-0.2, -0.15) is 0 Å². The third kappa shape index (κ3) is 4.48. The summed E-state index contributed by atoms with van der Waals surface area (Å²) in [4.78, 5) is 11.5. The van der Waals surface area contributed by atoms with Crippen molar-refractivity contribution in [1.82, 2.24) is 0 Å². The van der Waals surface area contributed by atoms with E-state index < -0.39 is 18.0 Å². The van der Waals surface area contributed by atoms with E-state index in [1.54, 1.807) is 42.5 Å². The zero-order valence-electron chi connectivity index (χ0n) is 11.9. The van der Waals surface area contributed by atoms with Crippen molar-refractivity contribution >= 4 is 23.3 Å². The van der Waals surface area contributed by atoms with Crippen molar-refractivity contribution in [2.75, 3.05) is 5.73 Å². The Labute approximate surface area is 134 Å². The number of hydrogen-bond acceptors (Lipinski definition) is 3. The Morgan fingerprint density at radius 2 is 1.91 bits per heavy atom. The number of nitrogen functional groups attached to an aromatic ring is 1.